The molecule has 0 amide bonds. The van der Waals surface area contributed by atoms with E-state index in [1.165, 1.54) is 19.3 Å². The van der Waals surface area contributed by atoms with Gasteiger partial charge < -0.3 is 39.9 Å². The van der Waals surface area contributed by atoms with E-state index in [-0.39, 0.29) is 12.8 Å². The summed E-state index contributed by atoms with van der Waals surface area (Å²) >= 11 is 0. The fraction of sp³-hybridized carbons (Fsp3) is 0.628. The zero-order valence-electron chi connectivity index (χ0n) is 33.8. The predicted octanol–water partition coefficient (Wildman–Crippen LogP) is 6.94. The van der Waals surface area contributed by atoms with Crippen LogP contribution in [0.3, 0.4) is 0 Å². The Labute approximate surface area is 339 Å². The molecule has 0 heterocycles. The minimum absolute atomic E-state index is 0.00716. The van der Waals surface area contributed by atoms with E-state index in [2.05, 4.69) is 44.2 Å². The normalized spacial score (nSPS) is 23.6. The van der Waals surface area contributed by atoms with E-state index in [1.54, 1.807) is 0 Å². The van der Waals surface area contributed by atoms with Gasteiger partial charge in [-0.25, -0.2) is 4.57 Å². The zero-order chi connectivity index (χ0) is 42.2. The van der Waals surface area contributed by atoms with Crippen molar-refractivity contribution in [3.63, 3.8) is 0 Å². The lowest BCUT2D eigenvalue weighted by Crippen LogP contribution is -2.64. The van der Waals surface area contributed by atoms with Crippen LogP contribution in [-0.4, -0.2) is 98.3 Å². The van der Waals surface area contributed by atoms with Crippen LogP contribution >= 0.6 is 7.82 Å². The fourth-order valence-electron chi connectivity index (χ4n) is 5.54. The van der Waals surface area contributed by atoms with Gasteiger partial charge in [-0.05, 0) is 51.4 Å². The smallest absolute Gasteiger partial charge is 0.462 e. The van der Waals surface area contributed by atoms with Crippen LogP contribution in [0.25, 0.3) is 0 Å². The van der Waals surface area contributed by atoms with Crippen molar-refractivity contribution < 1.29 is 63.1 Å². The molecule has 0 saturated heterocycles. The van der Waals surface area contributed by atoms with Crippen molar-refractivity contribution in [2.45, 2.75) is 159 Å². The summed E-state index contributed by atoms with van der Waals surface area (Å²) in [5.74, 6) is -1.21. The molecule has 1 saturated carbocycles. The summed E-state index contributed by atoms with van der Waals surface area (Å²) in [6.45, 7) is 3.01. The van der Waals surface area contributed by atoms with E-state index >= 15 is 0 Å². The second-order valence-corrected chi connectivity index (χ2v) is 15.3. The lowest BCUT2D eigenvalue weighted by Gasteiger charge is -2.41. The molecule has 1 fully saturated rings. The Bertz CT molecular complexity index is 1320. The van der Waals surface area contributed by atoms with Crippen molar-refractivity contribution in [1.29, 1.82) is 0 Å². The van der Waals surface area contributed by atoms with Crippen molar-refractivity contribution in [3.8, 4) is 0 Å². The van der Waals surface area contributed by atoms with Gasteiger partial charge in [0.2, 0.25) is 0 Å². The summed E-state index contributed by atoms with van der Waals surface area (Å²) in [5, 5.41) is 50.0. The van der Waals surface area contributed by atoms with Gasteiger partial charge in [-0.2, -0.15) is 0 Å². The third-order valence-electron chi connectivity index (χ3n) is 8.88. The minimum atomic E-state index is -5.14. The van der Waals surface area contributed by atoms with Gasteiger partial charge in [-0.15, -0.1) is 0 Å². The first-order valence-corrected chi connectivity index (χ1v) is 22.0. The van der Waals surface area contributed by atoms with Crippen LogP contribution in [-0.2, 0) is 32.7 Å². The van der Waals surface area contributed by atoms with Crippen LogP contribution in [0.5, 0.6) is 0 Å². The third kappa shape index (κ3) is 25.9. The van der Waals surface area contributed by atoms with Gasteiger partial charge in [-0.3, -0.25) is 18.6 Å². The number of carbonyl (C=O) groups excluding carboxylic acids is 2. The Morgan fingerprint density at radius 3 is 1.60 bits per heavy atom. The first-order chi connectivity index (χ1) is 27.4. The highest BCUT2D eigenvalue weighted by Gasteiger charge is 2.51. The molecule has 0 spiro atoms. The van der Waals surface area contributed by atoms with Crippen molar-refractivity contribution in [1.82, 2.24) is 0 Å². The zero-order valence-corrected chi connectivity index (χ0v) is 34.7. The average Bonchev–Trinajstić information content (AvgIpc) is 3.19. The van der Waals surface area contributed by atoms with Crippen LogP contribution in [0, 0.1) is 0 Å². The number of esters is 2. The molecule has 14 heteroatoms. The first-order valence-electron chi connectivity index (χ1n) is 20.5. The summed E-state index contributed by atoms with van der Waals surface area (Å²) < 4.78 is 33.3. The van der Waals surface area contributed by atoms with Crippen molar-refractivity contribution in [3.05, 3.63) is 85.1 Å². The number of phosphoric ester groups is 1. The van der Waals surface area contributed by atoms with Crippen LogP contribution in [0.1, 0.15) is 117 Å². The van der Waals surface area contributed by atoms with Crippen LogP contribution in [0.4, 0.5) is 0 Å². The molecule has 8 atom stereocenters. The number of allylic oxidation sites excluding steroid dienone is 14. The number of hydrogen-bond donors (Lipinski definition) is 6. The highest BCUT2D eigenvalue weighted by atomic mass is 31.2. The standard InChI is InChI=1S/C43H69O13P/c1-3-5-7-9-11-13-15-17-18-20-21-23-25-27-29-31-36(44)53-33-35(34-54-57(51,52)56-43-41(49)39(47)38(46)40(48)42(43)50)55-37(45)32-30-28-26-24-22-19-16-14-12-10-8-6-4-2/h6,8,10-17,19,22,24,26,35,38-43,46-50H,3-5,7,9,18,20-21,23,25,27-34H2,1-2H3,(H,51,52)/b8-6+,12-10+,13-11+,16-14+,17-15+,22-19+,26-24+/t35?,38?,39-,40?,41?,42?,43?/m0/s1. The maximum absolute atomic E-state index is 12.8. The molecule has 1 aliphatic rings. The molecule has 1 rings (SSSR count). The summed E-state index contributed by atoms with van der Waals surface area (Å²) in [6, 6.07) is 0. The van der Waals surface area contributed by atoms with E-state index in [4.69, 9.17) is 18.5 Å². The number of aliphatic hydroxyl groups excluding tert-OH is 5. The van der Waals surface area contributed by atoms with Gasteiger partial charge in [0.05, 0.1) is 6.61 Å². The number of phosphoric acid groups is 1. The lowest BCUT2D eigenvalue weighted by atomic mass is 9.85. The van der Waals surface area contributed by atoms with Crippen molar-refractivity contribution in [2.75, 3.05) is 13.2 Å². The lowest BCUT2D eigenvalue weighted by molar-refractivity contribution is -0.220. The van der Waals surface area contributed by atoms with Crippen LogP contribution in [0.15, 0.2) is 85.1 Å². The number of rotatable bonds is 31. The molecule has 1 aliphatic carbocycles. The number of carbonyl (C=O) groups is 2. The highest BCUT2D eigenvalue weighted by Crippen LogP contribution is 2.47. The van der Waals surface area contributed by atoms with Crippen LogP contribution in [0.2, 0.25) is 0 Å². The second kappa shape index (κ2) is 32.9. The van der Waals surface area contributed by atoms with Gasteiger partial charge >= 0.3 is 19.8 Å². The summed E-state index contributed by atoms with van der Waals surface area (Å²) in [6.07, 6.45) is 28.0. The molecule has 13 nitrogen and oxygen atoms in total. The number of hydrogen-bond acceptors (Lipinski definition) is 12. The molecule has 0 bridgehead atoms. The molecule has 0 radical (unpaired) electrons. The Morgan fingerprint density at radius 1 is 0.561 bits per heavy atom. The molecule has 6 N–H and O–H groups in total. The van der Waals surface area contributed by atoms with Gasteiger partial charge in [-0.1, -0.05) is 137 Å². The van der Waals surface area contributed by atoms with Gasteiger partial charge in [0.25, 0.3) is 0 Å². The van der Waals surface area contributed by atoms with Gasteiger partial charge in [0.15, 0.2) is 6.10 Å². The van der Waals surface area contributed by atoms with Gasteiger partial charge in [0, 0.05) is 12.8 Å². The minimum Gasteiger partial charge on any atom is -0.462 e. The van der Waals surface area contributed by atoms with Crippen LogP contribution < -0.4 is 0 Å². The van der Waals surface area contributed by atoms with Gasteiger partial charge in [0.1, 0.15) is 43.2 Å². The summed E-state index contributed by atoms with van der Waals surface area (Å²) in [4.78, 5) is 35.5. The Morgan fingerprint density at radius 2 is 1.02 bits per heavy atom. The molecule has 324 valence electrons. The number of aliphatic hydroxyl groups is 5. The molecular formula is C43H69O13P. The molecule has 0 aliphatic heterocycles. The highest BCUT2D eigenvalue weighted by molar-refractivity contribution is 7.47. The molecular weight excluding hydrogens is 755 g/mol. The first kappa shape index (κ1) is 52.0. The Balaban J connectivity index is 2.58. The molecule has 0 aromatic rings. The Kier molecular flexibility index (Phi) is 30.1. The average molecular weight is 825 g/mol. The Hall–Kier alpha value is -2.97. The molecule has 57 heavy (non-hydrogen) atoms. The quantitative estimate of drug-likeness (QED) is 0.0182. The number of unbranched alkanes of at least 4 members (excludes halogenated alkanes) is 10. The maximum atomic E-state index is 12.8. The van der Waals surface area contributed by atoms with E-state index in [0.29, 0.717) is 19.3 Å². The predicted molar refractivity (Wildman–Crippen MR) is 221 cm³/mol. The molecule has 7 unspecified atom stereocenters. The van der Waals surface area contributed by atoms with E-state index in [9.17, 15) is 44.6 Å². The monoisotopic (exact) mass is 824 g/mol. The van der Waals surface area contributed by atoms with E-state index in [0.717, 1.165) is 51.4 Å². The summed E-state index contributed by atoms with van der Waals surface area (Å²) in [7, 11) is -5.14. The maximum Gasteiger partial charge on any atom is 0.472 e. The van der Waals surface area contributed by atoms with Crippen molar-refractivity contribution >= 4 is 19.8 Å². The summed E-state index contributed by atoms with van der Waals surface area (Å²) in [5.41, 5.74) is 0. The molecule has 0 aromatic heterocycles. The van der Waals surface area contributed by atoms with E-state index in [1.807, 2.05) is 54.7 Å². The third-order valence-corrected chi connectivity index (χ3v) is 9.86. The fourth-order valence-corrected chi connectivity index (χ4v) is 6.51. The largest absolute Gasteiger partial charge is 0.472 e. The molecule has 0 aromatic carbocycles. The second-order valence-electron chi connectivity index (χ2n) is 13.9. The SMILES string of the molecule is CC/C=C/C=C/C=C/C=C/C=C/CCCC(=O)OC(COC(=O)CCCCCCCC/C=C/C=C/CCCCC)COP(=O)(O)OC1C(O)C(O)C(O)[C@H](O)C1O. The topological polar surface area (TPSA) is 210 Å². The number of ether oxygens (including phenoxy) is 2. The van der Waals surface area contributed by atoms with E-state index < -0.39 is 75.7 Å². The van der Waals surface area contributed by atoms with Crippen molar-refractivity contribution in [2.24, 2.45) is 0 Å².